The van der Waals surface area contributed by atoms with Crippen LogP contribution in [0.25, 0.3) is 11.0 Å². The number of carbonyl (C=O) groups is 1. The molecular formula is C11H8N2O2. The Morgan fingerprint density at radius 1 is 1.13 bits per heavy atom. The summed E-state index contributed by atoms with van der Waals surface area (Å²) < 4.78 is 0. The lowest BCUT2D eigenvalue weighted by Gasteiger charge is -2.13. The molecule has 1 aromatic heterocycles. The van der Waals surface area contributed by atoms with Crippen LogP contribution in [0.1, 0.15) is 22.3 Å². The molecule has 0 fully saturated rings. The summed E-state index contributed by atoms with van der Waals surface area (Å²) in [7, 11) is 0. The molecule has 0 aliphatic heterocycles. The van der Waals surface area contributed by atoms with Crippen LogP contribution in [0.15, 0.2) is 16.9 Å². The van der Waals surface area contributed by atoms with Gasteiger partial charge >= 0.3 is 5.69 Å². The molecule has 1 aromatic carbocycles. The standard InChI is InChI=1S/C11H8N2O2/c14-10-3-1-2-6-4-8-9(5-7(6)10)13-11(15)12-8/h4-5H,1-2H2,(H2,12,13,15). The number of aromatic nitrogens is 2. The van der Waals surface area contributed by atoms with Crippen molar-refractivity contribution in [3.05, 3.63) is 40.2 Å². The van der Waals surface area contributed by atoms with Crippen molar-refractivity contribution in [2.24, 2.45) is 0 Å². The van der Waals surface area contributed by atoms with Crippen LogP contribution in [0.2, 0.25) is 0 Å². The first-order valence-corrected chi connectivity index (χ1v) is 4.77. The maximum absolute atomic E-state index is 11.5. The van der Waals surface area contributed by atoms with Crippen molar-refractivity contribution in [3.63, 3.8) is 0 Å². The molecule has 2 aromatic rings. The quantitative estimate of drug-likeness (QED) is 0.668. The molecule has 2 radical (unpaired) electrons. The monoisotopic (exact) mass is 200 g/mol. The largest absolute Gasteiger partial charge is 0.323 e. The minimum Gasteiger partial charge on any atom is -0.306 e. The second-order valence-corrected chi connectivity index (χ2v) is 3.64. The lowest BCUT2D eigenvalue weighted by molar-refractivity contribution is 0.102. The Balaban J connectivity index is 2.35. The average molecular weight is 200 g/mol. The Hall–Kier alpha value is -1.84. The van der Waals surface area contributed by atoms with Crippen LogP contribution in [0.4, 0.5) is 0 Å². The fourth-order valence-corrected chi connectivity index (χ4v) is 1.95. The Kier molecular flexibility index (Phi) is 1.59. The SMILES string of the molecule is O=C1[C]CCc2cc3[nH]c(=O)[nH]c3cc21. The zero-order valence-electron chi connectivity index (χ0n) is 7.89. The molecule has 0 unspecified atom stereocenters. The number of benzene rings is 1. The summed E-state index contributed by atoms with van der Waals surface area (Å²) in [5, 5.41) is 0. The maximum Gasteiger partial charge on any atom is 0.323 e. The van der Waals surface area contributed by atoms with Crippen LogP contribution >= 0.6 is 0 Å². The molecule has 1 aliphatic rings. The first-order valence-electron chi connectivity index (χ1n) is 4.77. The molecule has 4 nitrogen and oxygen atoms in total. The summed E-state index contributed by atoms with van der Waals surface area (Å²) in [6, 6.07) is 3.58. The van der Waals surface area contributed by atoms with Gasteiger partial charge < -0.3 is 9.97 Å². The summed E-state index contributed by atoms with van der Waals surface area (Å²) in [6.45, 7) is 0. The first kappa shape index (κ1) is 8.47. The maximum atomic E-state index is 11.5. The van der Waals surface area contributed by atoms with E-state index in [1.165, 1.54) is 0 Å². The molecule has 0 saturated heterocycles. The van der Waals surface area contributed by atoms with Crippen LogP contribution in [-0.4, -0.2) is 15.8 Å². The van der Waals surface area contributed by atoms with Gasteiger partial charge in [-0.2, -0.15) is 0 Å². The van der Waals surface area contributed by atoms with Crippen molar-refractivity contribution in [2.45, 2.75) is 12.8 Å². The highest BCUT2D eigenvalue weighted by Gasteiger charge is 2.18. The van der Waals surface area contributed by atoms with E-state index >= 15 is 0 Å². The van der Waals surface area contributed by atoms with Gasteiger partial charge in [0, 0.05) is 5.56 Å². The van der Waals surface area contributed by atoms with Gasteiger partial charge in [-0.1, -0.05) is 0 Å². The van der Waals surface area contributed by atoms with Gasteiger partial charge in [0.05, 0.1) is 17.5 Å². The first-order chi connectivity index (χ1) is 7.24. The van der Waals surface area contributed by atoms with E-state index in [1.54, 1.807) is 6.07 Å². The van der Waals surface area contributed by atoms with Gasteiger partial charge in [0.1, 0.15) is 0 Å². The van der Waals surface area contributed by atoms with E-state index < -0.39 is 0 Å². The van der Waals surface area contributed by atoms with Crippen LogP contribution in [0.3, 0.4) is 0 Å². The molecule has 1 heterocycles. The van der Waals surface area contributed by atoms with Gasteiger partial charge in [-0.3, -0.25) is 4.79 Å². The fraction of sp³-hybridized carbons (Fsp3) is 0.182. The fourth-order valence-electron chi connectivity index (χ4n) is 1.95. The Morgan fingerprint density at radius 3 is 2.67 bits per heavy atom. The van der Waals surface area contributed by atoms with Gasteiger partial charge in [0.2, 0.25) is 0 Å². The van der Waals surface area contributed by atoms with E-state index in [-0.39, 0.29) is 11.5 Å². The molecule has 0 spiro atoms. The zero-order valence-corrected chi connectivity index (χ0v) is 7.89. The minimum atomic E-state index is -0.243. The normalized spacial score (nSPS) is 15.6. The number of aromatic amines is 2. The van der Waals surface area contributed by atoms with Gasteiger partial charge in [-0.25, -0.2) is 4.79 Å². The predicted octanol–water partition coefficient (Wildman–Crippen LogP) is 1.07. The molecule has 2 N–H and O–H groups in total. The Labute approximate surface area is 85.3 Å². The number of hydrogen-bond donors (Lipinski definition) is 2. The van der Waals surface area contributed by atoms with E-state index in [4.69, 9.17) is 0 Å². The molecular weight excluding hydrogens is 192 g/mol. The van der Waals surface area contributed by atoms with Crippen molar-refractivity contribution >= 4 is 16.8 Å². The molecule has 0 amide bonds. The summed E-state index contributed by atoms with van der Waals surface area (Å²) in [5.74, 6) is -0.0693. The number of carbonyl (C=O) groups excluding carboxylic acids is 1. The van der Waals surface area contributed by atoms with Crippen LogP contribution in [-0.2, 0) is 6.42 Å². The smallest absolute Gasteiger partial charge is 0.306 e. The number of hydrogen-bond acceptors (Lipinski definition) is 2. The summed E-state index contributed by atoms with van der Waals surface area (Å²) in [5.41, 5.74) is 2.84. The van der Waals surface area contributed by atoms with E-state index in [0.29, 0.717) is 17.5 Å². The number of nitrogens with one attached hydrogen (secondary N) is 2. The molecule has 15 heavy (non-hydrogen) atoms. The molecule has 3 rings (SSSR count). The highest BCUT2D eigenvalue weighted by atomic mass is 16.1. The number of Topliss-reactive ketones (excluding diaryl/α,β-unsaturated/α-hetero) is 1. The molecule has 4 heteroatoms. The van der Waals surface area contributed by atoms with Crippen LogP contribution in [0, 0.1) is 6.42 Å². The van der Waals surface area contributed by atoms with Gasteiger partial charge in [-0.15, -0.1) is 0 Å². The van der Waals surface area contributed by atoms with Crippen LogP contribution in [0.5, 0.6) is 0 Å². The lowest BCUT2D eigenvalue weighted by atomic mass is 9.90. The van der Waals surface area contributed by atoms with Crippen molar-refractivity contribution in [2.75, 3.05) is 0 Å². The highest BCUT2D eigenvalue weighted by molar-refractivity contribution is 6.06. The van der Waals surface area contributed by atoms with Gasteiger partial charge in [-0.05, 0) is 30.5 Å². The second kappa shape index (κ2) is 2.82. The van der Waals surface area contributed by atoms with Crippen molar-refractivity contribution in [1.82, 2.24) is 9.97 Å². The molecule has 0 bridgehead atoms. The number of imidazole rings is 1. The van der Waals surface area contributed by atoms with Crippen molar-refractivity contribution in [1.29, 1.82) is 0 Å². The second-order valence-electron chi connectivity index (χ2n) is 3.64. The predicted molar refractivity (Wildman–Crippen MR) is 54.8 cm³/mol. The topological polar surface area (TPSA) is 65.7 Å². The summed E-state index contributed by atoms with van der Waals surface area (Å²) in [6.07, 6.45) is 4.24. The van der Waals surface area contributed by atoms with E-state index in [2.05, 4.69) is 16.4 Å². The number of rotatable bonds is 0. The third kappa shape index (κ3) is 1.21. The lowest BCUT2D eigenvalue weighted by Crippen LogP contribution is -2.11. The highest BCUT2D eigenvalue weighted by Crippen LogP contribution is 2.23. The number of fused-ring (bicyclic) bond motifs is 2. The Bertz CT molecular complexity index is 607. The number of ketones is 1. The van der Waals surface area contributed by atoms with Crippen LogP contribution < -0.4 is 5.69 Å². The number of aryl methyl sites for hydroxylation is 1. The minimum absolute atomic E-state index is 0.0693. The van der Waals surface area contributed by atoms with Crippen molar-refractivity contribution < 1.29 is 4.79 Å². The molecule has 74 valence electrons. The summed E-state index contributed by atoms with van der Waals surface area (Å²) in [4.78, 5) is 27.9. The molecule has 0 atom stereocenters. The van der Waals surface area contributed by atoms with E-state index in [0.717, 1.165) is 17.5 Å². The third-order valence-corrected chi connectivity index (χ3v) is 2.66. The average Bonchev–Trinajstić information content (AvgIpc) is 2.55. The molecule has 1 aliphatic carbocycles. The molecule has 0 saturated carbocycles. The van der Waals surface area contributed by atoms with E-state index in [1.807, 2.05) is 6.07 Å². The zero-order chi connectivity index (χ0) is 10.4. The Morgan fingerprint density at radius 2 is 1.87 bits per heavy atom. The summed E-state index contributed by atoms with van der Waals surface area (Å²) >= 11 is 0. The van der Waals surface area contributed by atoms with E-state index in [9.17, 15) is 9.59 Å². The third-order valence-electron chi connectivity index (χ3n) is 2.66. The number of H-pyrrole nitrogens is 2. The van der Waals surface area contributed by atoms with Crippen molar-refractivity contribution in [3.8, 4) is 0 Å². The van der Waals surface area contributed by atoms with Gasteiger partial charge in [0.25, 0.3) is 0 Å². The van der Waals surface area contributed by atoms with Gasteiger partial charge in [0.15, 0.2) is 5.78 Å².